The maximum Gasteiger partial charge on any atom is 0.220 e. The largest absolute Gasteiger partial charge is 0.351 e. The zero-order valence-corrected chi connectivity index (χ0v) is 8.09. The van der Waals surface area contributed by atoms with E-state index in [-0.39, 0.29) is 23.9 Å². The first-order valence-electron chi connectivity index (χ1n) is 4.76. The zero-order valence-electron chi connectivity index (χ0n) is 8.09. The van der Waals surface area contributed by atoms with Crippen molar-refractivity contribution in [2.45, 2.75) is 45.2 Å². The standard InChI is InChI=1S/C9H16N2O2/c1-3-8(12)10-6-5-7(6)11-9(13)4-2/h6-7H,3-5H2,1-2H3,(H,10,12)(H,11,13)/t6-,7-/m1/s1. The number of carbonyl (C=O) groups is 2. The van der Waals surface area contributed by atoms with Crippen LogP contribution in [0.3, 0.4) is 0 Å². The number of hydrogen-bond acceptors (Lipinski definition) is 2. The van der Waals surface area contributed by atoms with Crippen molar-refractivity contribution in [3.05, 3.63) is 0 Å². The van der Waals surface area contributed by atoms with Crippen LogP contribution in [0.4, 0.5) is 0 Å². The lowest BCUT2D eigenvalue weighted by Gasteiger charge is -2.03. The Kier molecular flexibility index (Phi) is 3.28. The lowest BCUT2D eigenvalue weighted by atomic mass is 10.4. The molecule has 0 radical (unpaired) electrons. The van der Waals surface area contributed by atoms with Crippen molar-refractivity contribution in [3.8, 4) is 0 Å². The molecule has 2 N–H and O–H groups in total. The first-order chi connectivity index (χ1) is 6.17. The SMILES string of the molecule is CCC(=O)N[C@@H]1C[C@H]1NC(=O)CC. The molecular formula is C9H16N2O2. The van der Waals surface area contributed by atoms with Crippen LogP contribution in [0.5, 0.6) is 0 Å². The number of rotatable bonds is 4. The van der Waals surface area contributed by atoms with Gasteiger partial charge in [-0.2, -0.15) is 0 Å². The highest BCUT2D eigenvalue weighted by molar-refractivity contribution is 5.78. The number of nitrogens with one attached hydrogen (secondary N) is 2. The van der Waals surface area contributed by atoms with Crippen LogP contribution in [0.25, 0.3) is 0 Å². The molecule has 1 rings (SSSR count). The summed E-state index contributed by atoms with van der Waals surface area (Å²) in [4.78, 5) is 21.9. The van der Waals surface area contributed by atoms with Crippen LogP contribution in [-0.4, -0.2) is 23.9 Å². The van der Waals surface area contributed by atoms with Gasteiger partial charge in [0.05, 0.1) is 12.1 Å². The van der Waals surface area contributed by atoms with Gasteiger partial charge in [-0.3, -0.25) is 9.59 Å². The van der Waals surface area contributed by atoms with Crippen LogP contribution < -0.4 is 10.6 Å². The van der Waals surface area contributed by atoms with E-state index in [9.17, 15) is 9.59 Å². The van der Waals surface area contributed by atoms with E-state index in [4.69, 9.17) is 0 Å². The number of amides is 2. The van der Waals surface area contributed by atoms with Crippen molar-refractivity contribution in [2.24, 2.45) is 0 Å². The highest BCUT2D eigenvalue weighted by Crippen LogP contribution is 2.21. The Morgan fingerprint density at radius 1 is 1.08 bits per heavy atom. The molecule has 13 heavy (non-hydrogen) atoms. The van der Waals surface area contributed by atoms with E-state index in [1.165, 1.54) is 0 Å². The second-order valence-corrected chi connectivity index (χ2v) is 3.29. The van der Waals surface area contributed by atoms with Gasteiger partial charge in [0, 0.05) is 12.8 Å². The first kappa shape index (κ1) is 10.0. The monoisotopic (exact) mass is 184 g/mol. The summed E-state index contributed by atoms with van der Waals surface area (Å²) in [6.45, 7) is 3.63. The van der Waals surface area contributed by atoms with E-state index < -0.39 is 0 Å². The molecule has 0 aromatic rings. The number of hydrogen-bond donors (Lipinski definition) is 2. The van der Waals surface area contributed by atoms with Crippen molar-refractivity contribution < 1.29 is 9.59 Å². The van der Waals surface area contributed by atoms with Crippen molar-refractivity contribution in [1.82, 2.24) is 10.6 Å². The fourth-order valence-electron chi connectivity index (χ4n) is 1.13. The lowest BCUT2D eigenvalue weighted by molar-refractivity contribution is -0.122. The average Bonchev–Trinajstić information content (AvgIpc) is 2.83. The van der Waals surface area contributed by atoms with E-state index in [1.807, 2.05) is 13.8 Å². The molecule has 1 fully saturated rings. The molecule has 1 saturated carbocycles. The predicted molar refractivity (Wildman–Crippen MR) is 49.1 cm³/mol. The highest BCUT2D eigenvalue weighted by atomic mass is 16.2. The minimum Gasteiger partial charge on any atom is -0.351 e. The fraction of sp³-hybridized carbons (Fsp3) is 0.778. The summed E-state index contributed by atoms with van der Waals surface area (Å²) in [7, 11) is 0. The van der Waals surface area contributed by atoms with E-state index in [1.54, 1.807) is 0 Å². The fourth-order valence-corrected chi connectivity index (χ4v) is 1.13. The van der Waals surface area contributed by atoms with Gasteiger partial charge in [-0.15, -0.1) is 0 Å². The Labute approximate surface area is 78.1 Å². The minimum atomic E-state index is 0.0539. The van der Waals surface area contributed by atoms with Gasteiger partial charge in [0.2, 0.25) is 11.8 Å². The molecule has 0 spiro atoms. The maximum absolute atomic E-state index is 10.9. The average molecular weight is 184 g/mol. The normalized spacial score (nSPS) is 25.1. The molecule has 4 heteroatoms. The second-order valence-electron chi connectivity index (χ2n) is 3.29. The van der Waals surface area contributed by atoms with Gasteiger partial charge in [0.1, 0.15) is 0 Å². The van der Waals surface area contributed by atoms with E-state index >= 15 is 0 Å². The van der Waals surface area contributed by atoms with Crippen LogP contribution in [-0.2, 0) is 9.59 Å². The molecule has 0 aromatic heterocycles. The predicted octanol–water partition coefficient (Wildman–Crippen LogP) is 0.180. The third-order valence-electron chi connectivity index (χ3n) is 2.13. The molecule has 0 bridgehead atoms. The van der Waals surface area contributed by atoms with Crippen LogP contribution in [0.2, 0.25) is 0 Å². The second kappa shape index (κ2) is 4.25. The molecule has 74 valence electrons. The third kappa shape index (κ3) is 3.05. The van der Waals surface area contributed by atoms with Crippen LogP contribution in [0.15, 0.2) is 0 Å². The Balaban J connectivity index is 2.15. The van der Waals surface area contributed by atoms with Gasteiger partial charge in [0.15, 0.2) is 0 Å². The molecule has 2 amide bonds. The van der Waals surface area contributed by atoms with Crippen molar-refractivity contribution in [3.63, 3.8) is 0 Å². The highest BCUT2D eigenvalue weighted by Gasteiger charge is 2.38. The van der Waals surface area contributed by atoms with Crippen LogP contribution in [0.1, 0.15) is 33.1 Å². The first-order valence-corrected chi connectivity index (χ1v) is 4.76. The maximum atomic E-state index is 10.9. The van der Waals surface area contributed by atoms with E-state index in [2.05, 4.69) is 10.6 Å². The van der Waals surface area contributed by atoms with E-state index in [0.717, 1.165) is 6.42 Å². The van der Waals surface area contributed by atoms with Crippen molar-refractivity contribution in [2.75, 3.05) is 0 Å². The molecule has 0 saturated heterocycles. The van der Waals surface area contributed by atoms with Gasteiger partial charge >= 0.3 is 0 Å². The molecule has 1 aliphatic rings. The lowest BCUT2D eigenvalue weighted by Crippen LogP contribution is -2.34. The summed E-state index contributed by atoms with van der Waals surface area (Å²) in [6, 6.07) is 0.339. The summed E-state index contributed by atoms with van der Waals surface area (Å²) in [5.41, 5.74) is 0. The summed E-state index contributed by atoms with van der Waals surface area (Å²) < 4.78 is 0. The Morgan fingerprint density at radius 2 is 1.46 bits per heavy atom. The van der Waals surface area contributed by atoms with Gasteiger partial charge < -0.3 is 10.6 Å². The quantitative estimate of drug-likeness (QED) is 0.654. The van der Waals surface area contributed by atoms with Crippen LogP contribution >= 0.6 is 0 Å². The summed E-state index contributed by atoms with van der Waals surface area (Å²) in [6.07, 6.45) is 1.88. The van der Waals surface area contributed by atoms with Crippen molar-refractivity contribution in [1.29, 1.82) is 0 Å². The Morgan fingerprint density at radius 3 is 1.77 bits per heavy atom. The molecule has 0 aliphatic heterocycles. The van der Waals surface area contributed by atoms with Gasteiger partial charge in [-0.25, -0.2) is 0 Å². The summed E-state index contributed by atoms with van der Waals surface area (Å²) in [5.74, 6) is 0.108. The molecule has 0 aromatic carbocycles. The molecule has 0 unspecified atom stereocenters. The van der Waals surface area contributed by atoms with Gasteiger partial charge in [-0.05, 0) is 6.42 Å². The van der Waals surface area contributed by atoms with Gasteiger partial charge in [-0.1, -0.05) is 13.8 Å². The third-order valence-corrected chi connectivity index (χ3v) is 2.13. The summed E-state index contributed by atoms with van der Waals surface area (Å²) in [5, 5.41) is 5.66. The smallest absolute Gasteiger partial charge is 0.220 e. The number of carbonyl (C=O) groups excluding carboxylic acids is 2. The molecular weight excluding hydrogens is 168 g/mol. The van der Waals surface area contributed by atoms with Crippen LogP contribution in [0, 0.1) is 0 Å². The zero-order chi connectivity index (χ0) is 9.84. The molecule has 2 atom stereocenters. The topological polar surface area (TPSA) is 58.2 Å². The Hall–Kier alpha value is -1.06. The summed E-state index contributed by atoms with van der Waals surface area (Å²) >= 11 is 0. The van der Waals surface area contributed by atoms with Crippen molar-refractivity contribution >= 4 is 11.8 Å². The Bertz CT molecular complexity index is 194. The molecule has 4 nitrogen and oxygen atoms in total. The minimum absolute atomic E-state index is 0.0539. The molecule has 0 heterocycles. The van der Waals surface area contributed by atoms with Gasteiger partial charge in [0.25, 0.3) is 0 Å². The molecule has 1 aliphatic carbocycles. The van der Waals surface area contributed by atoms with E-state index in [0.29, 0.717) is 12.8 Å².